The zero-order chi connectivity index (χ0) is 11.2. The second-order valence-corrected chi connectivity index (χ2v) is 4.23. The number of aromatic nitrogens is 2. The first-order valence-corrected chi connectivity index (χ1v) is 4.89. The molecule has 1 fully saturated rings. The third kappa shape index (κ3) is 1.43. The Hall–Kier alpha value is -1.36. The third-order valence-electron chi connectivity index (χ3n) is 3.03. The van der Waals surface area contributed by atoms with E-state index in [2.05, 4.69) is 5.10 Å². The minimum Gasteiger partial charge on any atom is -0.479 e. The SMILES string of the molecule is Cc1cn(C)nc1C1(C(O)C(=O)O)CC1. The lowest BCUT2D eigenvalue weighted by Gasteiger charge is -2.17. The molecule has 1 aliphatic rings. The van der Waals surface area contributed by atoms with Crippen LogP contribution in [0.1, 0.15) is 24.1 Å². The highest BCUT2D eigenvalue weighted by Crippen LogP contribution is 2.51. The standard InChI is InChI=1S/C10H14N2O3/c1-6-5-12(2)11-7(6)10(3-4-10)8(13)9(14)15/h5,8,13H,3-4H2,1-2H3,(H,14,15). The van der Waals surface area contributed by atoms with Gasteiger partial charge in [-0.2, -0.15) is 5.10 Å². The number of carboxylic acids is 1. The molecule has 2 rings (SSSR count). The number of aryl methyl sites for hydroxylation is 2. The first kappa shape index (κ1) is 10.2. The highest BCUT2D eigenvalue weighted by atomic mass is 16.4. The smallest absolute Gasteiger partial charge is 0.333 e. The largest absolute Gasteiger partial charge is 0.479 e. The van der Waals surface area contributed by atoms with Crippen LogP contribution in [0.15, 0.2) is 6.20 Å². The second-order valence-electron chi connectivity index (χ2n) is 4.23. The number of hydrogen-bond acceptors (Lipinski definition) is 3. The van der Waals surface area contributed by atoms with Crippen LogP contribution in [0.3, 0.4) is 0 Å². The zero-order valence-corrected chi connectivity index (χ0v) is 8.77. The average Bonchev–Trinajstić information content (AvgIpc) is 2.87. The molecule has 1 atom stereocenters. The summed E-state index contributed by atoms with van der Waals surface area (Å²) in [5.41, 5.74) is 1.02. The van der Waals surface area contributed by atoms with Gasteiger partial charge >= 0.3 is 5.97 Å². The zero-order valence-electron chi connectivity index (χ0n) is 8.77. The normalized spacial score (nSPS) is 19.9. The van der Waals surface area contributed by atoms with Gasteiger partial charge in [0, 0.05) is 13.2 Å². The molecule has 0 aromatic carbocycles. The molecule has 82 valence electrons. The molecule has 0 amide bonds. The van der Waals surface area contributed by atoms with Crippen molar-refractivity contribution < 1.29 is 15.0 Å². The van der Waals surface area contributed by atoms with Crippen LogP contribution in [-0.4, -0.2) is 32.1 Å². The third-order valence-corrected chi connectivity index (χ3v) is 3.03. The molecule has 0 saturated heterocycles. The number of carboxylic acid groups (broad SMARTS) is 1. The van der Waals surface area contributed by atoms with E-state index >= 15 is 0 Å². The van der Waals surface area contributed by atoms with Crippen LogP contribution in [0.4, 0.5) is 0 Å². The van der Waals surface area contributed by atoms with Gasteiger partial charge in [-0.15, -0.1) is 0 Å². The van der Waals surface area contributed by atoms with Gasteiger partial charge in [-0.25, -0.2) is 4.79 Å². The molecule has 1 saturated carbocycles. The van der Waals surface area contributed by atoms with Gasteiger partial charge < -0.3 is 10.2 Å². The fourth-order valence-corrected chi connectivity index (χ4v) is 2.11. The number of hydrogen-bond donors (Lipinski definition) is 2. The molecule has 1 aliphatic carbocycles. The number of nitrogens with zero attached hydrogens (tertiary/aromatic N) is 2. The molecule has 5 heteroatoms. The van der Waals surface area contributed by atoms with Gasteiger partial charge in [-0.05, 0) is 25.3 Å². The quantitative estimate of drug-likeness (QED) is 0.747. The van der Waals surface area contributed by atoms with Crippen molar-refractivity contribution in [1.29, 1.82) is 0 Å². The Morgan fingerprint density at radius 2 is 2.27 bits per heavy atom. The van der Waals surface area contributed by atoms with Crippen molar-refractivity contribution in [1.82, 2.24) is 9.78 Å². The van der Waals surface area contributed by atoms with Crippen LogP contribution in [-0.2, 0) is 17.3 Å². The van der Waals surface area contributed by atoms with Crippen molar-refractivity contribution in [2.45, 2.75) is 31.3 Å². The van der Waals surface area contributed by atoms with Crippen LogP contribution in [0.5, 0.6) is 0 Å². The summed E-state index contributed by atoms with van der Waals surface area (Å²) in [5, 5.41) is 22.7. The molecular formula is C10H14N2O3. The Balaban J connectivity index is 2.38. The molecule has 15 heavy (non-hydrogen) atoms. The molecule has 0 bridgehead atoms. The summed E-state index contributed by atoms with van der Waals surface area (Å²) in [6.07, 6.45) is 1.88. The first-order valence-electron chi connectivity index (χ1n) is 4.89. The molecular weight excluding hydrogens is 196 g/mol. The number of carbonyl (C=O) groups is 1. The van der Waals surface area contributed by atoms with E-state index in [9.17, 15) is 9.90 Å². The number of rotatable bonds is 3. The highest BCUT2D eigenvalue weighted by molar-refractivity contribution is 5.75. The number of aliphatic hydroxyl groups excluding tert-OH is 1. The topological polar surface area (TPSA) is 75.3 Å². The van der Waals surface area contributed by atoms with E-state index in [1.807, 2.05) is 13.1 Å². The Bertz CT molecular complexity index is 407. The van der Waals surface area contributed by atoms with Gasteiger partial charge in [0.15, 0.2) is 6.10 Å². The number of aliphatic hydroxyl groups is 1. The summed E-state index contributed by atoms with van der Waals surface area (Å²) in [6, 6.07) is 0. The molecule has 1 aromatic rings. The maximum Gasteiger partial charge on any atom is 0.333 e. The summed E-state index contributed by atoms with van der Waals surface area (Å²) in [4.78, 5) is 10.8. The molecule has 0 radical (unpaired) electrons. The predicted octanol–water partition coefficient (Wildman–Crippen LogP) is 0.206. The number of aliphatic carboxylic acids is 1. The lowest BCUT2D eigenvalue weighted by Crippen LogP contribution is -2.34. The van der Waals surface area contributed by atoms with Crippen molar-refractivity contribution in [3.05, 3.63) is 17.5 Å². The summed E-state index contributed by atoms with van der Waals surface area (Å²) >= 11 is 0. The Morgan fingerprint density at radius 1 is 1.67 bits per heavy atom. The highest BCUT2D eigenvalue weighted by Gasteiger charge is 2.55. The van der Waals surface area contributed by atoms with Crippen LogP contribution < -0.4 is 0 Å². The fourth-order valence-electron chi connectivity index (χ4n) is 2.11. The molecule has 1 aromatic heterocycles. The van der Waals surface area contributed by atoms with Gasteiger partial charge in [0.25, 0.3) is 0 Å². The minimum atomic E-state index is -1.34. The van der Waals surface area contributed by atoms with E-state index in [-0.39, 0.29) is 0 Å². The molecule has 5 nitrogen and oxygen atoms in total. The minimum absolute atomic E-state index is 0.642. The summed E-state index contributed by atoms with van der Waals surface area (Å²) in [7, 11) is 1.79. The van der Waals surface area contributed by atoms with E-state index in [0.29, 0.717) is 12.8 Å². The monoisotopic (exact) mass is 210 g/mol. The molecule has 1 heterocycles. The summed E-state index contributed by atoms with van der Waals surface area (Å²) in [6.45, 7) is 1.89. The predicted molar refractivity (Wildman–Crippen MR) is 52.5 cm³/mol. The van der Waals surface area contributed by atoms with E-state index in [0.717, 1.165) is 11.3 Å². The molecule has 2 N–H and O–H groups in total. The van der Waals surface area contributed by atoms with Crippen molar-refractivity contribution in [2.75, 3.05) is 0 Å². The first-order chi connectivity index (χ1) is 6.97. The molecule has 0 spiro atoms. The molecule has 1 unspecified atom stereocenters. The summed E-state index contributed by atoms with van der Waals surface area (Å²) in [5.74, 6) is -1.17. The van der Waals surface area contributed by atoms with Crippen molar-refractivity contribution >= 4 is 5.97 Å². The van der Waals surface area contributed by atoms with E-state index in [4.69, 9.17) is 5.11 Å². The van der Waals surface area contributed by atoms with Crippen molar-refractivity contribution in [3.8, 4) is 0 Å². The van der Waals surface area contributed by atoms with Crippen LogP contribution in [0.25, 0.3) is 0 Å². The van der Waals surface area contributed by atoms with Gasteiger partial charge in [0.2, 0.25) is 0 Å². The van der Waals surface area contributed by atoms with Gasteiger partial charge in [-0.1, -0.05) is 0 Å². The fraction of sp³-hybridized carbons (Fsp3) is 0.600. The Labute approximate surface area is 87.3 Å². The van der Waals surface area contributed by atoms with Crippen molar-refractivity contribution in [3.63, 3.8) is 0 Å². The maximum absolute atomic E-state index is 10.8. The molecule has 0 aliphatic heterocycles. The van der Waals surface area contributed by atoms with Gasteiger partial charge in [-0.3, -0.25) is 4.68 Å². The maximum atomic E-state index is 10.8. The van der Waals surface area contributed by atoms with E-state index in [1.165, 1.54) is 0 Å². The Kier molecular flexibility index (Phi) is 2.08. The van der Waals surface area contributed by atoms with Gasteiger partial charge in [0.1, 0.15) is 0 Å². The lowest BCUT2D eigenvalue weighted by molar-refractivity contribution is -0.148. The Morgan fingerprint density at radius 3 is 2.60 bits per heavy atom. The van der Waals surface area contributed by atoms with Crippen LogP contribution in [0.2, 0.25) is 0 Å². The second kappa shape index (κ2) is 3.06. The summed E-state index contributed by atoms with van der Waals surface area (Å²) < 4.78 is 1.65. The van der Waals surface area contributed by atoms with Crippen LogP contribution in [0, 0.1) is 6.92 Å². The average molecular weight is 210 g/mol. The van der Waals surface area contributed by atoms with Gasteiger partial charge in [0.05, 0.1) is 11.1 Å². The van der Waals surface area contributed by atoms with E-state index in [1.54, 1.807) is 11.7 Å². The van der Waals surface area contributed by atoms with Crippen LogP contribution >= 0.6 is 0 Å². The van der Waals surface area contributed by atoms with E-state index < -0.39 is 17.5 Å². The lowest BCUT2D eigenvalue weighted by atomic mass is 9.93. The van der Waals surface area contributed by atoms with Crippen molar-refractivity contribution in [2.24, 2.45) is 7.05 Å².